The van der Waals surface area contributed by atoms with Gasteiger partial charge in [-0.05, 0) is 25.5 Å². The standard InChI is InChI=1S/C13H16N2O3/c1-4-10-9-6-8(13(16)18-5-2)7-11(17-3)12(9)15-14-10/h6-7H,4-5H2,1-3H3,(H,14,15). The van der Waals surface area contributed by atoms with Gasteiger partial charge in [0.05, 0.1) is 19.3 Å². The number of ether oxygens (including phenoxy) is 2. The zero-order valence-corrected chi connectivity index (χ0v) is 10.7. The first-order chi connectivity index (χ1) is 8.71. The molecular weight excluding hydrogens is 232 g/mol. The molecule has 0 amide bonds. The number of aryl methyl sites for hydroxylation is 1. The Kier molecular flexibility index (Phi) is 3.50. The van der Waals surface area contributed by atoms with Crippen LogP contribution in [0.2, 0.25) is 0 Å². The number of esters is 1. The zero-order chi connectivity index (χ0) is 13.1. The highest BCUT2D eigenvalue weighted by molar-refractivity contribution is 5.97. The smallest absolute Gasteiger partial charge is 0.338 e. The maximum atomic E-state index is 11.8. The highest BCUT2D eigenvalue weighted by atomic mass is 16.5. The van der Waals surface area contributed by atoms with Gasteiger partial charge in [-0.15, -0.1) is 0 Å². The van der Waals surface area contributed by atoms with Gasteiger partial charge in [-0.1, -0.05) is 6.92 Å². The van der Waals surface area contributed by atoms with Gasteiger partial charge in [0.2, 0.25) is 0 Å². The number of fused-ring (bicyclic) bond motifs is 1. The number of carbonyl (C=O) groups is 1. The third-order valence-electron chi connectivity index (χ3n) is 2.79. The molecule has 0 radical (unpaired) electrons. The predicted molar refractivity (Wildman–Crippen MR) is 68.0 cm³/mol. The lowest BCUT2D eigenvalue weighted by atomic mass is 10.1. The van der Waals surface area contributed by atoms with Crippen LogP contribution in [0.3, 0.4) is 0 Å². The van der Waals surface area contributed by atoms with E-state index in [0.29, 0.717) is 17.9 Å². The molecule has 0 aliphatic heterocycles. The first-order valence-corrected chi connectivity index (χ1v) is 5.93. The van der Waals surface area contributed by atoms with Gasteiger partial charge in [0, 0.05) is 11.1 Å². The molecule has 0 saturated heterocycles. The van der Waals surface area contributed by atoms with Gasteiger partial charge in [-0.25, -0.2) is 4.79 Å². The fourth-order valence-electron chi connectivity index (χ4n) is 1.89. The highest BCUT2D eigenvalue weighted by Gasteiger charge is 2.15. The lowest BCUT2D eigenvalue weighted by Gasteiger charge is -2.06. The van der Waals surface area contributed by atoms with E-state index in [4.69, 9.17) is 9.47 Å². The number of aromatic amines is 1. The number of methoxy groups -OCH3 is 1. The molecule has 0 fully saturated rings. The molecule has 18 heavy (non-hydrogen) atoms. The molecule has 0 unspecified atom stereocenters. The summed E-state index contributed by atoms with van der Waals surface area (Å²) in [5, 5.41) is 8.06. The number of nitrogens with one attached hydrogen (secondary N) is 1. The predicted octanol–water partition coefficient (Wildman–Crippen LogP) is 2.31. The van der Waals surface area contributed by atoms with E-state index in [1.807, 2.05) is 6.92 Å². The molecule has 0 atom stereocenters. The number of nitrogens with zero attached hydrogens (tertiary/aromatic N) is 1. The third kappa shape index (κ3) is 2.03. The summed E-state index contributed by atoms with van der Waals surface area (Å²) >= 11 is 0. The van der Waals surface area contributed by atoms with Crippen LogP contribution in [0.15, 0.2) is 12.1 Å². The molecule has 2 aromatic rings. The topological polar surface area (TPSA) is 64.2 Å². The van der Waals surface area contributed by atoms with Crippen LogP contribution in [-0.2, 0) is 11.2 Å². The molecule has 5 nitrogen and oxygen atoms in total. The number of aromatic nitrogens is 2. The van der Waals surface area contributed by atoms with Crippen molar-refractivity contribution in [1.29, 1.82) is 0 Å². The zero-order valence-electron chi connectivity index (χ0n) is 10.7. The summed E-state index contributed by atoms with van der Waals surface area (Å²) in [6, 6.07) is 3.44. The van der Waals surface area contributed by atoms with Crippen molar-refractivity contribution in [2.24, 2.45) is 0 Å². The number of H-pyrrole nitrogens is 1. The average Bonchev–Trinajstić information content (AvgIpc) is 2.80. The van der Waals surface area contributed by atoms with Crippen LogP contribution in [0.25, 0.3) is 10.9 Å². The minimum absolute atomic E-state index is 0.346. The second kappa shape index (κ2) is 5.08. The first-order valence-electron chi connectivity index (χ1n) is 5.93. The molecule has 0 aliphatic carbocycles. The third-order valence-corrected chi connectivity index (χ3v) is 2.79. The first kappa shape index (κ1) is 12.4. The lowest BCUT2D eigenvalue weighted by Crippen LogP contribution is -2.05. The second-order valence-electron chi connectivity index (χ2n) is 3.85. The fraction of sp³-hybridized carbons (Fsp3) is 0.385. The van der Waals surface area contributed by atoms with Crippen molar-refractivity contribution in [2.45, 2.75) is 20.3 Å². The summed E-state index contributed by atoms with van der Waals surface area (Å²) in [6.07, 6.45) is 0.811. The van der Waals surface area contributed by atoms with E-state index in [-0.39, 0.29) is 5.97 Å². The van der Waals surface area contributed by atoms with Gasteiger partial charge in [-0.3, -0.25) is 5.10 Å². The van der Waals surface area contributed by atoms with Crippen molar-refractivity contribution in [2.75, 3.05) is 13.7 Å². The SMILES string of the molecule is CCOC(=O)c1cc(OC)c2n[nH]c(CC)c2c1. The molecule has 1 heterocycles. The van der Waals surface area contributed by atoms with Crippen molar-refractivity contribution in [3.63, 3.8) is 0 Å². The maximum absolute atomic E-state index is 11.8. The van der Waals surface area contributed by atoms with Crippen molar-refractivity contribution >= 4 is 16.9 Å². The number of benzene rings is 1. The Bertz CT molecular complexity index is 575. The van der Waals surface area contributed by atoms with Gasteiger partial charge in [0.1, 0.15) is 11.3 Å². The minimum atomic E-state index is -0.346. The molecule has 2 rings (SSSR count). The van der Waals surface area contributed by atoms with Crippen molar-refractivity contribution in [3.05, 3.63) is 23.4 Å². The lowest BCUT2D eigenvalue weighted by molar-refractivity contribution is 0.0526. The molecule has 5 heteroatoms. The number of hydrogen-bond donors (Lipinski definition) is 1. The molecule has 0 aliphatic rings. The molecule has 0 bridgehead atoms. The Hall–Kier alpha value is -2.04. The Morgan fingerprint density at radius 3 is 2.78 bits per heavy atom. The van der Waals surface area contributed by atoms with Crippen molar-refractivity contribution in [3.8, 4) is 5.75 Å². The van der Waals surface area contributed by atoms with Crippen LogP contribution in [-0.4, -0.2) is 29.9 Å². The van der Waals surface area contributed by atoms with Gasteiger partial charge in [0.25, 0.3) is 0 Å². The molecule has 1 aromatic carbocycles. The average molecular weight is 248 g/mol. The van der Waals surface area contributed by atoms with Crippen LogP contribution in [0.4, 0.5) is 0 Å². The van der Waals surface area contributed by atoms with E-state index in [2.05, 4.69) is 10.2 Å². The van der Waals surface area contributed by atoms with Crippen LogP contribution in [0, 0.1) is 0 Å². The van der Waals surface area contributed by atoms with E-state index in [9.17, 15) is 4.79 Å². The number of carbonyl (C=O) groups excluding carboxylic acids is 1. The summed E-state index contributed by atoms with van der Waals surface area (Å²) in [7, 11) is 1.56. The number of hydrogen-bond acceptors (Lipinski definition) is 4. The monoisotopic (exact) mass is 248 g/mol. The minimum Gasteiger partial charge on any atom is -0.494 e. The molecule has 0 spiro atoms. The van der Waals surface area contributed by atoms with Crippen LogP contribution in [0.5, 0.6) is 5.75 Å². The van der Waals surface area contributed by atoms with Gasteiger partial charge in [0.15, 0.2) is 0 Å². The summed E-state index contributed by atoms with van der Waals surface area (Å²) in [6.45, 7) is 4.16. The van der Waals surface area contributed by atoms with E-state index >= 15 is 0 Å². The van der Waals surface area contributed by atoms with Gasteiger partial charge in [-0.2, -0.15) is 5.10 Å². The quantitative estimate of drug-likeness (QED) is 0.843. The van der Waals surface area contributed by atoms with E-state index < -0.39 is 0 Å². The normalized spacial score (nSPS) is 10.6. The molecule has 1 N–H and O–H groups in total. The fourth-order valence-corrected chi connectivity index (χ4v) is 1.89. The molecule has 96 valence electrons. The van der Waals surface area contributed by atoms with Gasteiger partial charge >= 0.3 is 5.97 Å². The molecular formula is C13H16N2O3. The van der Waals surface area contributed by atoms with E-state index in [1.165, 1.54) is 0 Å². The summed E-state index contributed by atoms with van der Waals surface area (Å²) in [4.78, 5) is 11.8. The Morgan fingerprint density at radius 2 is 2.17 bits per heavy atom. The van der Waals surface area contributed by atoms with Crippen LogP contribution in [0.1, 0.15) is 29.9 Å². The summed E-state index contributed by atoms with van der Waals surface area (Å²) in [5.41, 5.74) is 2.20. The van der Waals surface area contributed by atoms with E-state index in [1.54, 1.807) is 26.2 Å². The summed E-state index contributed by atoms with van der Waals surface area (Å²) < 4.78 is 10.3. The van der Waals surface area contributed by atoms with Crippen molar-refractivity contribution < 1.29 is 14.3 Å². The second-order valence-corrected chi connectivity index (χ2v) is 3.85. The Morgan fingerprint density at radius 1 is 1.39 bits per heavy atom. The van der Waals surface area contributed by atoms with Gasteiger partial charge < -0.3 is 9.47 Å². The van der Waals surface area contributed by atoms with E-state index in [0.717, 1.165) is 23.0 Å². The Balaban J connectivity index is 2.59. The van der Waals surface area contributed by atoms with Crippen LogP contribution < -0.4 is 4.74 Å². The number of rotatable bonds is 4. The van der Waals surface area contributed by atoms with Crippen molar-refractivity contribution in [1.82, 2.24) is 10.2 Å². The highest BCUT2D eigenvalue weighted by Crippen LogP contribution is 2.28. The summed E-state index contributed by atoms with van der Waals surface area (Å²) in [5.74, 6) is 0.229. The maximum Gasteiger partial charge on any atom is 0.338 e. The largest absolute Gasteiger partial charge is 0.494 e. The molecule has 1 aromatic heterocycles. The van der Waals surface area contributed by atoms with Crippen LogP contribution >= 0.6 is 0 Å². The molecule has 0 saturated carbocycles. The Labute approximate surface area is 105 Å².